The molecule has 0 radical (unpaired) electrons. The van der Waals surface area contributed by atoms with E-state index in [-0.39, 0.29) is 5.56 Å². The predicted octanol–water partition coefficient (Wildman–Crippen LogP) is 3.53. The number of anilines is 1. The van der Waals surface area contributed by atoms with E-state index in [2.05, 4.69) is 18.3 Å². The van der Waals surface area contributed by atoms with Gasteiger partial charge in [0.2, 0.25) is 0 Å². The zero-order valence-electron chi connectivity index (χ0n) is 11.3. The van der Waals surface area contributed by atoms with Gasteiger partial charge in [-0.2, -0.15) is 0 Å². The van der Waals surface area contributed by atoms with E-state index >= 15 is 0 Å². The number of aryl methyl sites for hydroxylation is 1. The average molecular weight is 306 g/mol. The highest BCUT2D eigenvalue weighted by Gasteiger charge is 2.20. The first-order valence-electron chi connectivity index (χ1n) is 6.33. The third-order valence-corrected chi connectivity index (χ3v) is 4.06. The number of benzene rings is 1. The average Bonchev–Trinajstić information content (AvgIpc) is 2.92. The van der Waals surface area contributed by atoms with Gasteiger partial charge in [0, 0.05) is 23.2 Å². The van der Waals surface area contributed by atoms with Gasteiger partial charge in [-0.15, -0.1) is 11.3 Å². The van der Waals surface area contributed by atoms with Crippen molar-refractivity contribution in [2.45, 2.75) is 19.9 Å². The minimum Gasteiger partial charge on any atom is -0.477 e. The molecule has 0 fully saturated rings. The second-order valence-corrected chi connectivity index (χ2v) is 5.37. The van der Waals surface area contributed by atoms with E-state index in [0.29, 0.717) is 12.2 Å². The van der Waals surface area contributed by atoms with Crippen LogP contribution >= 0.6 is 11.3 Å². The number of carboxylic acid groups (broad SMARTS) is 1. The van der Waals surface area contributed by atoms with Gasteiger partial charge >= 0.3 is 5.97 Å². The third kappa shape index (κ3) is 3.38. The summed E-state index contributed by atoms with van der Waals surface area (Å²) in [5, 5.41) is 25.0. The van der Waals surface area contributed by atoms with Gasteiger partial charge in [-0.1, -0.05) is 6.92 Å². The molecule has 110 valence electrons. The molecule has 7 heteroatoms. The number of nitro groups is 1. The molecule has 2 aromatic rings. The van der Waals surface area contributed by atoms with Crippen molar-refractivity contribution in [1.82, 2.24) is 0 Å². The number of carboxylic acids is 1. The van der Waals surface area contributed by atoms with E-state index in [0.717, 1.165) is 6.42 Å². The van der Waals surface area contributed by atoms with Gasteiger partial charge in [-0.05, 0) is 35.6 Å². The normalized spacial score (nSPS) is 10.3. The fourth-order valence-electron chi connectivity index (χ4n) is 1.99. The number of nitrogens with zero attached hydrogens (tertiary/aromatic N) is 1. The molecular formula is C14H14N2O4S. The van der Waals surface area contributed by atoms with Crippen LogP contribution in [-0.2, 0) is 13.0 Å². The quantitative estimate of drug-likeness (QED) is 0.629. The first-order valence-corrected chi connectivity index (χ1v) is 7.21. The molecule has 1 heterocycles. The minimum absolute atomic E-state index is 0.309. The lowest BCUT2D eigenvalue weighted by molar-refractivity contribution is -0.385. The molecule has 0 unspecified atom stereocenters. The SMILES string of the molecule is CCc1ccsc1CNc1ccc(C(=O)O)c([N+](=O)[O-])c1. The number of aromatic carboxylic acids is 1. The summed E-state index contributed by atoms with van der Waals surface area (Å²) in [5.41, 5.74) is 1.05. The molecule has 1 aromatic carbocycles. The molecule has 0 amide bonds. The Morgan fingerprint density at radius 1 is 1.43 bits per heavy atom. The van der Waals surface area contributed by atoms with E-state index in [9.17, 15) is 14.9 Å². The predicted molar refractivity (Wildman–Crippen MR) is 81.1 cm³/mol. The summed E-state index contributed by atoms with van der Waals surface area (Å²) in [6.07, 6.45) is 0.929. The zero-order chi connectivity index (χ0) is 15.4. The largest absolute Gasteiger partial charge is 0.477 e. The van der Waals surface area contributed by atoms with Gasteiger partial charge in [0.15, 0.2) is 0 Å². The first kappa shape index (κ1) is 15.0. The number of thiophene rings is 1. The molecule has 2 N–H and O–H groups in total. The summed E-state index contributed by atoms with van der Waals surface area (Å²) in [6.45, 7) is 2.63. The molecule has 1 aromatic heterocycles. The van der Waals surface area contributed by atoms with Crippen LogP contribution in [0.3, 0.4) is 0 Å². The summed E-state index contributed by atoms with van der Waals surface area (Å²) in [4.78, 5) is 22.4. The molecule has 21 heavy (non-hydrogen) atoms. The number of nitrogens with one attached hydrogen (secondary N) is 1. The van der Waals surface area contributed by atoms with Crippen LogP contribution in [0, 0.1) is 10.1 Å². The number of nitro benzene ring substituents is 1. The smallest absolute Gasteiger partial charge is 0.342 e. The zero-order valence-corrected chi connectivity index (χ0v) is 12.1. The van der Waals surface area contributed by atoms with Crippen LogP contribution in [0.5, 0.6) is 0 Å². The fourth-order valence-corrected chi connectivity index (χ4v) is 2.91. The molecular weight excluding hydrogens is 292 g/mol. The van der Waals surface area contributed by atoms with Crippen LogP contribution < -0.4 is 5.32 Å². The van der Waals surface area contributed by atoms with E-state index < -0.39 is 16.6 Å². The lowest BCUT2D eigenvalue weighted by Crippen LogP contribution is -2.05. The first-order chi connectivity index (χ1) is 10.0. The maximum absolute atomic E-state index is 10.9. The topological polar surface area (TPSA) is 92.5 Å². The standard InChI is InChI=1S/C14H14N2O4S/c1-2-9-5-6-21-13(9)8-15-10-3-4-11(14(17)18)12(7-10)16(19)20/h3-7,15H,2,8H2,1H3,(H,17,18). The van der Waals surface area contributed by atoms with Gasteiger partial charge in [-0.3, -0.25) is 10.1 Å². The Labute approximate surface area is 125 Å². The maximum Gasteiger partial charge on any atom is 0.342 e. The number of rotatable bonds is 6. The van der Waals surface area contributed by atoms with E-state index in [1.807, 2.05) is 5.38 Å². The van der Waals surface area contributed by atoms with Crippen LogP contribution in [0.25, 0.3) is 0 Å². The Balaban J connectivity index is 2.19. The van der Waals surface area contributed by atoms with E-state index in [1.54, 1.807) is 11.3 Å². The number of hydrogen-bond acceptors (Lipinski definition) is 5. The van der Waals surface area contributed by atoms with E-state index in [1.165, 1.54) is 28.6 Å². The van der Waals surface area contributed by atoms with Gasteiger partial charge in [0.05, 0.1) is 4.92 Å². The highest BCUT2D eigenvalue weighted by Crippen LogP contribution is 2.25. The van der Waals surface area contributed by atoms with Crippen molar-refractivity contribution in [2.75, 3.05) is 5.32 Å². The van der Waals surface area contributed by atoms with Crippen molar-refractivity contribution in [3.63, 3.8) is 0 Å². The second kappa shape index (κ2) is 6.36. The highest BCUT2D eigenvalue weighted by molar-refractivity contribution is 7.10. The van der Waals surface area contributed by atoms with Crippen LogP contribution in [-0.4, -0.2) is 16.0 Å². The number of hydrogen-bond donors (Lipinski definition) is 2. The molecule has 0 aliphatic heterocycles. The van der Waals surface area contributed by atoms with Crippen LogP contribution in [0.1, 0.15) is 27.7 Å². The Hall–Kier alpha value is -2.41. The Bertz CT molecular complexity index is 681. The van der Waals surface area contributed by atoms with Crippen LogP contribution in [0.4, 0.5) is 11.4 Å². The van der Waals surface area contributed by atoms with E-state index in [4.69, 9.17) is 5.11 Å². The van der Waals surface area contributed by atoms with Crippen LogP contribution in [0.15, 0.2) is 29.6 Å². The number of carbonyl (C=O) groups is 1. The Kier molecular flexibility index (Phi) is 4.54. The van der Waals surface area contributed by atoms with Crippen LogP contribution in [0.2, 0.25) is 0 Å². The summed E-state index contributed by atoms with van der Waals surface area (Å²) < 4.78 is 0. The highest BCUT2D eigenvalue weighted by atomic mass is 32.1. The Morgan fingerprint density at radius 3 is 2.81 bits per heavy atom. The van der Waals surface area contributed by atoms with Crippen molar-refractivity contribution in [3.8, 4) is 0 Å². The molecule has 0 bridgehead atoms. The molecule has 0 spiro atoms. The van der Waals surface area contributed by atoms with Gasteiger partial charge in [0.25, 0.3) is 5.69 Å². The van der Waals surface area contributed by atoms with Gasteiger partial charge in [-0.25, -0.2) is 4.79 Å². The van der Waals surface area contributed by atoms with Crippen molar-refractivity contribution in [1.29, 1.82) is 0 Å². The molecule has 0 atom stereocenters. The van der Waals surface area contributed by atoms with Crippen molar-refractivity contribution >= 4 is 28.7 Å². The summed E-state index contributed by atoms with van der Waals surface area (Å²) in [7, 11) is 0. The lowest BCUT2D eigenvalue weighted by atomic mass is 10.1. The Morgan fingerprint density at radius 2 is 2.19 bits per heavy atom. The van der Waals surface area contributed by atoms with Crippen molar-refractivity contribution < 1.29 is 14.8 Å². The van der Waals surface area contributed by atoms with Crippen molar-refractivity contribution in [3.05, 3.63) is 55.8 Å². The summed E-state index contributed by atoms with van der Waals surface area (Å²) in [6, 6.07) is 6.09. The monoisotopic (exact) mass is 306 g/mol. The van der Waals surface area contributed by atoms with Crippen molar-refractivity contribution in [2.24, 2.45) is 0 Å². The molecule has 0 aliphatic rings. The molecule has 0 aliphatic carbocycles. The molecule has 2 rings (SSSR count). The third-order valence-electron chi connectivity index (χ3n) is 3.10. The fraction of sp³-hybridized carbons (Fsp3) is 0.214. The maximum atomic E-state index is 10.9. The van der Waals surface area contributed by atoms with Gasteiger partial charge < -0.3 is 10.4 Å². The summed E-state index contributed by atoms with van der Waals surface area (Å²) in [5.74, 6) is -1.31. The van der Waals surface area contributed by atoms with Gasteiger partial charge in [0.1, 0.15) is 5.56 Å². The molecule has 6 nitrogen and oxygen atoms in total. The minimum atomic E-state index is -1.31. The lowest BCUT2D eigenvalue weighted by Gasteiger charge is -2.07. The second-order valence-electron chi connectivity index (χ2n) is 4.37. The molecule has 0 saturated heterocycles. The summed E-state index contributed by atoms with van der Waals surface area (Å²) >= 11 is 1.62. The molecule has 0 saturated carbocycles.